The molecule has 0 unspecified atom stereocenters. The van der Waals surface area contributed by atoms with Crippen molar-refractivity contribution in [1.82, 2.24) is 0 Å². The van der Waals surface area contributed by atoms with E-state index in [4.69, 9.17) is 4.74 Å². The van der Waals surface area contributed by atoms with E-state index in [0.29, 0.717) is 12.2 Å². The van der Waals surface area contributed by atoms with Crippen LogP contribution in [0.4, 0.5) is 0 Å². The highest BCUT2D eigenvalue weighted by Gasteiger charge is 1.99. The topological polar surface area (TPSA) is 26.3 Å². The molecule has 0 amide bonds. The van der Waals surface area contributed by atoms with Crippen LogP contribution in [-0.4, -0.2) is 12.4 Å². The number of hydrogen-bond donors (Lipinski definition) is 0. The minimum Gasteiger partial charge on any atom is -0.494 e. The highest BCUT2D eigenvalue weighted by molar-refractivity contribution is 6.06. The highest BCUT2D eigenvalue weighted by Crippen LogP contribution is 2.13. The number of allylic oxidation sites excluding steroid dienone is 1. The summed E-state index contributed by atoms with van der Waals surface area (Å²) >= 11 is 0. The van der Waals surface area contributed by atoms with E-state index >= 15 is 0 Å². The molecule has 2 aromatic rings. The molecule has 2 rings (SSSR count). The van der Waals surface area contributed by atoms with Gasteiger partial charge in [-0.05, 0) is 30.7 Å². The van der Waals surface area contributed by atoms with Gasteiger partial charge < -0.3 is 4.74 Å². The third-order valence-corrected chi connectivity index (χ3v) is 2.68. The first kappa shape index (κ1) is 13.1. The maximum absolute atomic E-state index is 11.9. The molecule has 2 aromatic carbocycles. The van der Waals surface area contributed by atoms with Crippen LogP contribution in [0.15, 0.2) is 60.7 Å². The summed E-state index contributed by atoms with van der Waals surface area (Å²) in [7, 11) is 0. The van der Waals surface area contributed by atoms with Gasteiger partial charge in [-0.3, -0.25) is 4.79 Å². The first-order valence-electron chi connectivity index (χ1n) is 6.30. The summed E-state index contributed by atoms with van der Waals surface area (Å²) in [5.41, 5.74) is 1.68. The number of carbonyl (C=O) groups excluding carboxylic acids is 1. The molecule has 2 heteroatoms. The predicted molar refractivity (Wildman–Crippen MR) is 77.4 cm³/mol. The SMILES string of the molecule is CCOc1ccc(C=CC(=O)c2ccccc2)cc1. The molecule has 0 atom stereocenters. The van der Waals surface area contributed by atoms with E-state index in [1.54, 1.807) is 6.08 Å². The van der Waals surface area contributed by atoms with Gasteiger partial charge in [0.1, 0.15) is 5.75 Å². The van der Waals surface area contributed by atoms with E-state index in [0.717, 1.165) is 11.3 Å². The van der Waals surface area contributed by atoms with Gasteiger partial charge in [-0.2, -0.15) is 0 Å². The highest BCUT2D eigenvalue weighted by atomic mass is 16.5. The second kappa shape index (κ2) is 6.55. The first-order valence-corrected chi connectivity index (χ1v) is 6.30. The summed E-state index contributed by atoms with van der Waals surface area (Å²) in [6.45, 7) is 2.61. The van der Waals surface area contributed by atoms with E-state index in [9.17, 15) is 4.79 Å². The van der Waals surface area contributed by atoms with Crippen LogP contribution >= 0.6 is 0 Å². The molecule has 0 heterocycles. The Balaban J connectivity index is 2.04. The van der Waals surface area contributed by atoms with Gasteiger partial charge in [-0.1, -0.05) is 48.5 Å². The smallest absolute Gasteiger partial charge is 0.185 e. The fourth-order valence-electron chi connectivity index (χ4n) is 1.71. The molecular formula is C17H16O2. The summed E-state index contributed by atoms with van der Waals surface area (Å²) < 4.78 is 5.36. The van der Waals surface area contributed by atoms with E-state index in [1.807, 2.05) is 67.6 Å². The van der Waals surface area contributed by atoms with Crippen molar-refractivity contribution in [3.63, 3.8) is 0 Å². The largest absolute Gasteiger partial charge is 0.494 e. The maximum atomic E-state index is 11.9. The van der Waals surface area contributed by atoms with Crippen molar-refractivity contribution >= 4 is 11.9 Å². The van der Waals surface area contributed by atoms with Crippen LogP contribution in [-0.2, 0) is 0 Å². The number of ether oxygens (including phenoxy) is 1. The first-order chi connectivity index (χ1) is 9.29. The van der Waals surface area contributed by atoms with Gasteiger partial charge in [0.25, 0.3) is 0 Å². The molecule has 0 bridgehead atoms. The van der Waals surface area contributed by atoms with Gasteiger partial charge in [-0.25, -0.2) is 0 Å². The summed E-state index contributed by atoms with van der Waals surface area (Å²) in [4.78, 5) is 11.9. The molecule has 0 fully saturated rings. The standard InChI is InChI=1S/C17H16O2/c1-2-19-16-11-8-14(9-12-16)10-13-17(18)15-6-4-3-5-7-15/h3-13H,2H2,1H3. The number of ketones is 1. The van der Waals surface area contributed by atoms with Gasteiger partial charge in [0.05, 0.1) is 6.61 Å². The van der Waals surface area contributed by atoms with Crippen molar-refractivity contribution in [2.24, 2.45) is 0 Å². The van der Waals surface area contributed by atoms with Crippen LogP contribution in [0.2, 0.25) is 0 Å². The molecule has 0 N–H and O–H groups in total. The Kier molecular flexibility index (Phi) is 4.51. The summed E-state index contributed by atoms with van der Waals surface area (Å²) in [5.74, 6) is 0.850. The van der Waals surface area contributed by atoms with Gasteiger partial charge in [0, 0.05) is 5.56 Å². The van der Waals surface area contributed by atoms with Crippen LogP contribution in [0.5, 0.6) is 5.75 Å². The Morgan fingerprint density at radius 1 is 1.05 bits per heavy atom. The Morgan fingerprint density at radius 2 is 1.74 bits per heavy atom. The third-order valence-electron chi connectivity index (χ3n) is 2.68. The quantitative estimate of drug-likeness (QED) is 0.594. The van der Waals surface area contributed by atoms with Crippen molar-refractivity contribution in [3.8, 4) is 5.75 Å². The number of benzene rings is 2. The summed E-state index contributed by atoms with van der Waals surface area (Å²) in [6, 6.07) is 16.9. The third kappa shape index (κ3) is 3.81. The molecule has 0 aromatic heterocycles. The van der Waals surface area contributed by atoms with Crippen molar-refractivity contribution in [3.05, 3.63) is 71.8 Å². The zero-order valence-corrected chi connectivity index (χ0v) is 10.9. The molecule has 0 aliphatic rings. The van der Waals surface area contributed by atoms with E-state index in [2.05, 4.69) is 0 Å². The van der Waals surface area contributed by atoms with Crippen molar-refractivity contribution in [1.29, 1.82) is 0 Å². The van der Waals surface area contributed by atoms with Crippen molar-refractivity contribution in [2.75, 3.05) is 6.61 Å². The molecule has 0 saturated carbocycles. The zero-order valence-electron chi connectivity index (χ0n) is 10.9. The normalized spacial score (nSPS) is 10.6. The van der Waals surface area contributed by atoms with Gasteiger partial charge >= 0.3 is 0 Å². The Labute approximate surface area is 113 Å². The Hall–Kier alpha value is -2.35. The average molecular weight is 252 g/mol. The fraction of sp³-hybridized carbons (Fsp3) is 0.118. The summed E-state index contributed by atoms with van der Waals surface area (Å²) in [6.07, 6.45) is 3.40. The molecule has 2 nitrogen and oxygen atoms in total. The van der Waals surface area contributed by atoms with E-state index < -0.39 is 0 Å². The molecule has 0 radical (unpaired) electrons. The Bertz CT molecular complexity index is 554. The minimum atomic E-state index is 0.00878. The summed E-state index contributed by atoms with van der Waals surface area (Å²) in [5, 5.41) is 0. The van der Waals surface area contributed by atoms with E-state index in [-0.39, 0.29) is 5.78 Å². The molecular weight excluding hydrogens is 236 g/mol. The molecule has 0 saturated heterocycles. The van der Waals surface area contributed by atoms with Crippen LogP contribution in [0, 0.1) is 0 Å². The number of hydrogen-bond acceptors (Lipinski definition) is 2. The predicted octanol–water partition coefficient (Wildman–Crippen LogP) is 3.98. The van der Waals surface area contributed by atoms with Crippen LogP contribution in [0.3, 0.4) is 0 Å². The lowest BCUT2D eigenvalue weighted by molar-refractivity contribution is 0.104. The lowest BCUT2D eigenvalue weighted by atomic mass is 10.1. The average Bonchev–Trinajstić information content (AvgIpc) is 2.47. The monoisotopic (exact) mass is 252 g/mol. The van der Waals surface area contributed by atoms with Gasteiger partial charge in [0.15, 0.2) is 5.78 Å². The molecule has 0 spiro atoms. The molecule has 96 valence electrons. The second-order valence-electron chi connectivity index (χ2n) is 4.07. The van der Waals surface area contributed by atoms with Crippen molar-refractivity contribution in [2.45, 2.75) is 6.92 Å². The Morgan fingerprint density at radius 3 is 2.37 bits per heavy atom. The number of rotatable bonds is 5. The minimum absolute atomic E-state index is 0.00878. The maximum Gasteiger partial charge on any atom is 0.185 e. The van der Waals surface area contributed by atoms with Crippen LogP contribution in [0.25, 0.3) is 6.08 Å². The van der Waals surface area contributed by atoms with Crippen molar-refractivity contribution < 1.29 is 9.53 Å². The zero-order chi connectivity index (χ0) is 13.5. The second-order valence-corrected chi connectivity index (χ2v) is 4.07. The van der Waals surface area contributed by atoms with Crippen LogP contribution in [0.1, 0.15) is 22.8 Å². The lowest BCUT2D eigenvalue weighted by Crippen LogP contribution is -1.93. The van der Waals surface area contributed by atoms with Gasteiger partial charge in [-0.15, -0.1) is 0 Å². The molecule has 0 aliphatic carbocycles. The van der Waals surface area contributed by atoms with E-state index in [1.165, 1.54) is 0 Å². The number of carbonyl (C=O) groups is 1. The van der Waals surface area contributed by atoms with Gasteiger partial charge in [0.2, 0.25) is 0 Å². The van der Waals surface area contributed by atoms with Crippen LogP contribution < -0.4 is 4.74 Å². The molecule has 0 aliphatic heterocycles. The lowest BCUT2D eigenvalue weighted by Gasteiger charge is -2.02. The molecule has 19 heavy (non-hydrogen) atoms. The fourth-order valence-corrected chi connectivity index (χ4v) is 1.71.